The largest absolute Gasteiger partial charge is 0.481 e. The van der Waals surface area contributed by atoms with Gasteiger partial charge >= 0.3 is 12.1 Å². The number of hydrogen-bond acceptors (Lipinski definition) is 4. The van der Waals surface area contributed by atoms with Gasteiger partial charge in [-0.25, -0.2) is 4.79 Å². The van der Waals surface area contributed by atoms with Crippen molar-refractivity contribution in [3.8, 4) is 0 Å². The van der Waals surface area contributed by atoms with Crippen molar-refractivity contribution in [2.45, 2.75) is 45.3 Å². The molecule has 0 spiro atoms. The van der Waals surface area contributed by atoms with E-state index in [4.69, 9.17) is 9.84 Å². The summed E-state index contributed by atoms with van der Waals surface area (Å²) in [5.41, 5.74) is -0.550. The maximum Gasteiger partial charge on any atom is 0.410 e. The van der Waals surface area contributed by atoms with Crippen LogP contribution in [0.5, 0.6) is 0 Å². The first-order chi connectivity index (χ1) is 9.17. The molecule has 6 heteroatoms. The van der Waals surface area contributed by atoms with Crippen LogP contribution < -0.4 is 0 Å². The smallest absolute Gasteiger partial charge is 0.410 e. The summed E-state index contributed by atoms with van der Waals surface area (Å²) in [6.45, 7) is 6.17. The first kappa shape index (κ1) is 15.1. The van der Waals surface area contributed by atoms with Crippen LogP contribution in [0.4, 0.5) is 4.79 Å². The molecular formula is C14H23NO5. The molecule has 0 aromatic heterocycles. The second kappa shape index (κ2) is 5.24. The number of aliphatic carboxylic acids is 1. The zero-order valence-corrected chi connectivity index (χ0v) is 12.2. The maximum absolute atomic E-state index is 12.1. The van der Waals surface area contributed by atoms with Crippen molar-refractivity contribution in [1.82, 2.24) is 4.90 Å². The number of piperidine rings is 1. The van der Waals surface area contributed by atoms with Crippen LogP contribution in [0, 0.1) is 17.8 Å². The van der Waals surface area contributed by atoms with E-state index in [-0.39, 0.29) is 17.9 Å². The molecule has 0 aromatic rings. The Morgan fingerprint density at radius 2 is 1.65 bits per heavy atom. The highest BCUT2D eigenvalue weighted by Gasteiger charge is 2.45. The number of nitrogens with zero attached hydrogens (tertiary/aromatic N) is 1. The molecule has 114 valence electrons. The van der Waals surface area contributed by atoms with Gasteiger partial charge in [0.25, 0.3) is 0 Å². The standard InChI is InChI=1S/C14H23NO5/c1-14(2,3)20-13(19)15-6-9-4-8(12(17)18)5-10(7-15)11(9)16/h8-11,16H,4-7H2,1-3H3,(H,17,18). The van der Waals surface area contributed by atoms with Gasteiger partial charge in [-0.3, -0.25) is 4.79 Å². The summed E-state index contributed by atoms with van der Waals surface area (Å²) < 4.78 is 5.34. The Morgan fingerprint density at radius 3 is 2.05 bits per heavy atom. The van der Waals surface area contributed by atoms with Crippen LogP contribution in [0.1, 0.15) is 33.6 Å². The molecule has 1 aliphatic carbocycles. The van der Waals surface area contributed by atoms with E-state index >= 15 is 0 Å². The summed E-state index contributed by atoms with van der Waals surface area (Å²) in [6.07, 6.45) is -0.0454. The molecule has 2 aliphatic rings. The molecule has 1 heterocycles. The fourth-order valence-corrected chi connectivity index (χ4v) is 3.17. The molecule has 2 fully saturated rings. The number of likely N-dealkylation sites (tertiary alicyclic amines) is 1. The summed E-state index contributed by atoms with van der Waals surface area (Å²) >= 11 is 0. The highest BCUT2D eigenvalue weighted by molar-refractivity contribution is 5.71. The third-order valence-corrected chi connectivity index (χ3v) is 4.05. The van der Waals surface area contributed by atoms with E-state index in [1.807, 2.05) is 20.8 Å². The molecule has 2 atom stereocenters. The Hall–Kier alpha value is -1.30. The van der Waals surface area contributed by atoms with Crippen molar-refractivity contribution in [2.24, 2.45) is 17.8 Å². The SMILES string of the molecule is CC(C)(C)OC(=O)N1CC2CC(C(=O)O)CC(C1)C2O. The highest BCUT2D eigenvalue weighted by Crippen LogP contribution is 2.38. The predicted octanol–water partition coefficient (Wildman–Crippen LogP) is 1.32. The average molecular weight is 285 g/mol. The summed E-state index contributed by atoms with van der Waals surface area (Å²) in [5, 5.41) is 19.3. The van der Waals surface area contributed by atoms with E-state index in [1.165, 1.54) is 0 Å². The van der Waals surface area contributed by atoms with Crippen molar-refractivity contribution in [1.29, 1.82) is 0 Å². The van der Waals surface area contributed by atoms with Gasteiger partial charge in [0.1, 0.15) is 5.60 Å². The number of fused-ring (bicyclic) bond motifs is 2. The topological polar surface area (TPSA) is 87.1 Å². The van der Waals surface area contributed by atoms with Gasteiger partial charge < -0.3 is 19.8 Å². The number of carboxylic acids is 1. The highest BCUT2D eigenvalue weighted by atomic mass is 16.6. The van der Waals surface area contributed by atoms with Gasteiger partial charge in [0.15, 0.2) is 0 Å². The summed E-state index contributed by atoms with van der Waals surface area (Å²) in [4.78, 5) is 24.8. The van der Waals surface area contributed by atoms with E-state index in [9.17, 15) is 14.7 Å². The van der Waals surface area contributed by atoms with Gasteiger partial charge in [0, 0.05) is 24.9 Å². The number of carbonyl (C=O) groups is 2. The van der Waals surface area contributed by atoms with Crippen molar-refractivity contribution in [3.63, 3.8) is 0 Å². The molecule has 0 aromatic carbocycles. The molecule has 2 bridgehead atoms. The lowest BCUT2D eigenvalue weighted by Crippen LogP contribution is -2.56. The minimum atomic E-state index is -0.808. The zero-order chi connectivity index (χ0) is 15.1. The first-order valence-corrected chi connectivity index (χ1v) is 7.06. The molecule has 20 heavy (non-hydrogen) atoms. The minimum Gasteiger partial charge on any atom is -0.481 e. The van der Waals surface area contributed by atoms with E-state index in [0.29, 0.717) is 25.9 Å². The van der Waals surface area contributed by atoms with Crippen LogP contribution in [0.3, 0.4) is 0 Å². The van der Waals surface area contributed by atoms with Crippen molar-refractivity contribution < 1.29 is 24.5 Å². The number of aliphatic hydroxyl groups is 1. The van der Waals surface area contributed by atoms with Crippen molar-refractivity contribution in [3.05, 3.63) is 0 Å². The van der Waals surface area contributed by atoms with E-state index < -0.39 is 23.6 Å². The summed E-state index contributed by atoms with van der Waals surface area (Å²) in [6, 6.07) is 0. The van der Waals surface area contributed by atoms with Crippen LogP contribution in [-0.4, -0.2) is 52.0 Å². The molecule has 1 saturated heterocycles. The number of carbonyl (C=O) groups excluding carboxylic acids is 1. The summed E-state index contributed by atoms with van der Waals surface area (Å²) in [5.74, 6) is -1.56. The van der Waals surface area contributed by atoms with Gasteiger partial charge in [-0.05, 0) is 33.6 Å². The third kappa shape index (κ3) is 3.23. The first-order valence-electron chi connectivity index (χ1n) is 7.06. The number of ether oxygens (including phenoxy) is 1. The second-order valence-corrected chi connectivity index (χ2v) is 6.90. The lowest BCUT2D eigenvalue weighted by Gasteiger charge is -2.46. The summed E-state index contributed by atoms with van der Waals surface area (Å²) in [7, 11) is 0. The molecule has 1 amide bonds. The van der Waals surface area contributed by atoms with Gasteiger partial charge in [-0.15, -0.1) is 0 Å². The number of aliphatic hydroxyl groups excluding tert-OH is 1. The molecule has 2 unspecified atom stereocenters. The molecule has 0 radical (unpaired) electrons. The molecule has 2 N–H and O–H groups in total. The third-order valence-electron chi connectivity index (χ3n) is 4.05. The Labute approximate surface area is 118 Å². The number of carboxylic acid groups (broad SMARTS) is 1. The van der Waals surface area contributed by atoms with E-state index in [0.717, 1.165) is 0 Å². The Morgan fingerprint density at radius 1 is 1.15 bits per heavy atom. The van der Waals surface area contributed by atoms with Crippen molar-refractivity contribution in [2.75, 3.05) is 13.1 Å². The lowest BCUT2D eigenvalue weighted by molar-refractivity contribution is -0.148. The molecular weight excluding hydrogens is 262 g/mol. The maximum atomic E-state index is 12.1. The quantitative estimate of drug-likeness (QED) is 0.759. The second-order valence-electron chi connectivity index (χ2n) is 6.90. The lowest BCUT2D eigenvalue weighted by atomic mass is 9.70. The van der Waals surface area contributed by atoms with Crippen molar-refractivity contribution >= 4 is 12.1 Å². The Balaban J connectivity index is 2.03. The van der Waals surface area contributed by atoms with Gasteiger partial charge in [0.05, 0.1) is 12.0 Å². The van der Waals surface area contributed by atoms with Crippen LogP contribution in [0.2, 0.25) is 0 Å². The number of hydrogen-bond donors (Lipinski definition) is 2. The van der Waals surface area contributed by atoms with Gasteiger partial charge in [-0.2, -0.15) is 0 Å². The molecule has 6 nitrogen and oxygen atoms in total. The Bertz CT molecular complexity index is 387. The van der Waals surface area contributed by atoms with Gasteiger partial charge in [0.2, 0.25) is 0 Å². The van der Waals surface area contributed by atoms with Crippen LogP contribution >= 0.6 is 0 Å². The van der Waals surface area contributed by atoms with Crippen LogP contribution in [0.15, 0.2) is 0 Å². The normalized spacial score (nSPS) is 33.7. The molecule has 1 saturated carbocycles. The molecule has 2 rings (SSSR count). The average Bonchev–Trinajstić information content (AvgIpc) is 2.25. The van der Waals surface area contributed by atoms with E-state index in [2.05, 4.69) is 0 Å². The fraction of sp³-hybridized carbons (Fsp3) is 0.857. The zero-order valence-electron chi connectivity index (χ0n) is 12.2. The number of rotatable bonds is 1. The fourth-order valence-electron chi connectivity index (χ4n) is 3.17. The van der Waals surface area contributed by atoms with Gasteiger partial charge in [-0.1, -0.05) is 0 Å². The van der Waals surface area contributed by atoms with Crippen LogP contribution in [-0.2, 0) is 9.53 Å². The molecule has 1 aliphatic heterocycles. The number of amides is 1. The minimum absolute atomic E-state index is 0.170. The monoisotopic (exact) mass is 285 g/mol. The van der Waals surface area contributed by atoms with Crippen LogP contribution in [0.25, 0.3) is 0 Å². The van der Waals surface area contributed by atoms with E-state index in [1.54, 1.807) is 4.90 Å². The predicted molar refractivity (Wildman–Crippen MR) is 71.2 cm³/mol. The Kier molecular flexibility index (Phi) is 3.95.